The van der Waals surface area contributed by atoms with E-state index in [-0.39, 0.29) is 30.5 Å². The fourth-order valence-electron chi connectivity index (χ4n) is 2.53. The van der Waals surface area contributed by atoms with E-state index in [0.29, 0.717) is 5.76 Å². The molecule has 26 heavy (non-hydrogen) atoms. The lowest BCUT2D eigenvalue weighted by Gasteiger charge is -2.19. The molecule has 1 aromatic heterocycles. The number of unbranched alkanes of at least 4 members (excludes halogenated alkanes) is 4. The monoisotopic (exact) mass is 480 g/mol. The molecule has 152 valence electrons. The largest absolute Gasteiger partial charge is 0.466 e. The minimum Gasteiger partial charge on any atom is -0.466 e. The first-order valence-electron chi connectivity index (χ1n) is 9.39. The summed E-state index contributed by atoms with van der Waals surface area (Å²) in [5, 5.41) is 17.0. The van der Waals surface area contributed by atoms with Gasteiger partial charge < -0.3 is 25.1 Å². The Kier molecular flexibility index (Phi) is 13.8. The summed E-state index contributed by atoms with van der Waals surface area (Å²) in [6, 6.07) is 3.54. The van der Waals surface area contributed by atoms with Crippen molar-refractivity contribution in [1.29, 1.82) is 0 Å². The third-order valence-corrected chi connectivity index (χ3v) is 4.02. The molecule has 0 saturated carbocycles. The van der Waals surface area contributed by atoms with Crippen LogP contribution in [0.1, 0.15) is 51.7 Å². The summed E-state index contributed by atoms with van der Waals surface area (Å²) in [6.45, 7) is 6.85. The van der Waals surface area contributed by atoms with Crippen LogP contribution < -0.4 is 10.6 Å². The Morgan fingerprint density at radius 1 is 1.19 bits per heavy atom. The van der Waals surface area contributed by atoms with E-state index >= 15 is 0 Å². The lowest BCUT2D eigenvalue weighted by molar-refractivity contribution is 0.0437. The number of guanidine groups is 1. The molecular formula is C19H37IN4O2. The molecule has 7 heteroatoms. The van der Waals surface area contributed by atoms with E-state index in [2.05, 4.69) is 34.6 Å². The molecule has 1 rings (SSSR count). The number of hydrogen-bond donors (Lipinski definition) is 3. The highest BCUT2D eigenvalue weighted by Crippen LogP contribution is 2.20. The number of aliphatic hydroxyl groups is 1. The van der Waals surface area contributed by atoms with Crippen molar-refractivity contribution in [1.82, 2.24) is 15.5 Å². The third-order valence-electron chi connectivity index (χ3n) is 4.02. The Balaban J connectivity index is 0.00000625. The van der Waals surface area contributed by atoms with Crippen molar-refractivity contribution in [3.8, 4) is 0 Å². The fraction of sp³-hybridized carbons (Fsp3) is 0.737. The second kappa shape index (κ2) is 14.3. The summed E-state index contributed by atoms with van der Waals surface area (Å²) in [4.78, 5) is 6.72. The quantitative estimate of drug-likeness (QED) is 0.186. The lowest BCUT2D eigenvalue weighted by Crippen LogP contribution is -2.39. The van der Waals surface area contributed by atoms with Gasteiger partial charge in [0.2, 0.25) is 0 Å². The summed E-state index contributed by atoms with van der Waals surface area (Å²) in [6.07, 6.45) is 7.75. The molecule has 0 fully saturated rings. The van der Waals surface area contributed by atoms with Crippen LogP contribution in [0, 0.1) is 0 Å². The van der Waals surface area contributed by atoms with Crippen molar-refractivity contribution in [3.63, 3.8) is 0 Å². The molecule has 0 saturated heterocycles. The number of nitrogens with zero attached hydrogens (tertiary/aromatic N) is 2. The minimum absolute atomic E-state index is 0. The van der Waals surface area contributed by atoms with Crippen LogP contribution in [0.3, 0.4) is 0 Å². The van der Waals surface area contributed by atoms with Crippen LogP contribution >= 0.6 is 24.0 Å². The van der Waals surface area contributed by atoms with Crippen molar-refractivity contribution in [3.05, 3.63) is 24.2 Å². The maximum Gasteiger partial charge on any atom is 0.191 e. The maximum atomic E-state index is 10.5. The molecular weight excluding hydrogens is 443 g/mol. The molecule has 1 aromatic rings. The summed E-state index contributed by atoms with van der Waals surface area (Å²) in [5.74, 6) is 1.27. The van der Waals surface area contributed by atoms with Crippen molar-refractivity contribution < 1.29 is 9.52 Å². The normalized spacial score (nSPS) is 14.0. The molecule has 1 atom stereocenters. The number of furan rings is 1. The molecule has 1 heterocycles. The SMILES string of the molecule is CCNC(=NCC(C)(O)c1ccco1)NCCCCCCCN(C)C.I. The molecule has 0 amide bonds. The number of halogens is 1. The van der Waals surface area contributed by atoms with Crippen LogP contribution in [-0.2, 0) is 5.60 Å². The second-order valence-corrected chi connectivity index (χ2v) is 6.94. The first-order chi connectivity index (χ1) is 12.0. The lowest BCUT2D eigenvalue weighted by atomic mass is 10.0. The van der Waals surface area contributed by atoms with E-state index < -0.39 is 5.60 Å². The number of hydrogen-bond acceptors (Lipinski definition) is 4. The fourth-order valence-corrected chi connectivity index (χ4v) is 2.53. The minimum atomic E-state index is -1.10. The Morgan fingerprint density at radius 3 is 2.50 bits per heavy atom. The van der Waals surface area contributed by atoms with Gasteiger partial charge in [0.15, 0.2) is 5.96 Å². The van der Waals surface area contributed by atoms with Gasteiger partial charge in [0, 0.05) is 13.1 Å². The predicted molar refractivity (Wildman–Crippen MR) is 119 cm³/mol. The van der Waals surface area contributed by atoms with Crippen molar-refractivity contribution in [2.24, 2.45) is 4.99 Å². The van der Waals surface area contributed by atoms with Crippen molar-refractivity contribution in [2.75, 3.05) is 40.3 Å². The molecule has 6 nitrogen and oxygen atoms in total. The van der Waals surface area contributed by atoms with Gasteiger partial charge in [0.05, 0.1) is 12.8 Å². The molecule has 3 N–H and O–H groups in total. The molecule has 0 aliphatic carbocycles. The van der Waals surface area contributed by atoms with E-state index in [9.17, 15) is 5.11 Å². The Morgan fingerprint density at radius 2 is 1.88 bits per heavy atom. The van der Waals surface area contributed by atoms with Gasteiger partial charge in [-0.15, -0.1) is 24.0 Å². The number of aliphatic imine (C=N–C) groups is 1. The highest BCUT2D eigenvalue weighted by Gasteiger charge is 2.25. The van der Waals surface area contributed by atoms with Crippen LogP contribution in [0.2, 0.25) is 0 Å². The van der Waals surface area contributed by atoms with Gasteiger partial charge in [0.1, 0.15) is 11.4 Å². The summed E-state index contributed by atoms with van der Waals surface area (Å²) in [5.41, 5.74) is -1.10. The van der Waals surface area contributed by atoms with Crippen molar-refractivity contribution >= 4 is 29.9 Å². The summed E-state index contributed by atoms with van der Waals surface area (Å²) >= 11 is 0. The molecule has 0 aliphatic rings. The third kappa shape index (κ3) is 11.0. The maximum absolute atomic E-state index is 10.5. The van der Waals surface area contributed by atoms with Gasteiger partial charge in [-0.25, -0.2) is 4.99 Å². The zero-order chi connectivity index (χ0) is 18.5. The van der Waals surface area contributed by atoms with Crippen LogP contribution in [0.15, 0.2) is 27.8 Å². The van der Waals surface area contributed by atoms with Gasteiger partial charge in [-0.1, -0.05) is 19.3 Å². The summed E-state index contributed by atoms with van der Waals surface area (Å²) in [7, 11) is 4.24. The highest BCUT2D eigenvalue weighted by molar-refractivity contribution is 14.0. The van der Waals surface area contributed by atoms with E-state index in [4.69, 9.17) is 4.42 Å². The van der Waals surface area contributed by atoms with Gasteiger partial charge in [-0.05, 0) is 59.5 Å². The molecule has 0 spiro atoms. The average Bonchev–Trinajstić information content (AvgIpc) is 3.10. The first-order valence-corrected chi connectivity index (χ1v) is 9.39. The average molecular weight is 480 g/mol. The van der Waals surface area contributed by atoms with E-state index in [1.807, 2.05) is 6.92 Å². The number of nitrogens with one attached hydrogen (secondary N) is 2. The van der Waals surface area contributed by atoms with Crippen LogP contribution in [0.4, 0.5) is 0 Å². The second-order valence-electron chi connectivity index (χ2n) is 6.94. The summed E-state index contributed by atoms with van der Waals surface area (Å²) < 4.78 is 5.29. The molecule has 0 bridgehead atoms. The van der Waals surface area contributed by atoms with Gasteiger partial charge in [0.25, 0.3) is 0 Å². The molecule has 0 aromatic carbocycles. The molecule has 1 unspecified atom stereocenters. The molecule has 0 aliphatic heterocycles. The first kappa shape index (κ1) is 25.2. The predicted octanol–water partition coefficient (Wildman–Crippen LogP) is 3.17. The smallest absolute Gasteiger partial charge is 0.191 e. The van der Waals surface area contributed by atoms with Gasteiger partial charge in [-0.3, -0.25) is 0 Å². The standard InChI is InChI=1S/C19H36N4O2.HI/c1-5-20-18(21-13-9-7-6-8-10-14-23(3)4)22-16-19(2,24)17-12-11-15-25-17;/h11-12,15,24H,5-10,13-14,16H2,1-4H3,(H2,20,21,22);1H. The van der Waals surface area contributed by atoms with Crippen molar-refractivity contribution in [2.45, 2.75) is 51.6 Å². The zero-order valence-electron chi connectivity index (χ0n) is 16.8. The molecule has 0 radical (unpaired) electrons. The van der Waals surface area contributed by atoms with Crippen LogP contribution in [0.5, 0.6) is 0 Å². The highest BCUT2D eigenvalue weighted by atomic mass is 127. The van der Waals surface area contributed by atoms with E-state index in [1.54, 1.807) is 25.3 Å². The van der Waals surface area contributed by atoms with Crippen LogP contribution in [-0.4, -0.2) is 56.2 Å². The van der Waals surface area contributed by atoms with Crippen LogP contribution in [0.25, 0.3) is 0 Å². The van der Waals surface area contributed by atoms with E-state index in [0.717, 1.165) is 25.5 Å². The topological polar surface area (TPSA) is 73.0 Å². The van der Waals surface area contributed by atoms with Gasteiger partial charge >= 0.3 is 0 Å². The zero-order valence-corrected chi connectivity index (χ0v) is 19.1. The Hall–Kier alpha value is -0.800. The Labute approximate surface area is 175 Å². The number of rotatable bonds is 12. The van der Waals surface area contributed by atoms with Gasteiger partial charge in [-0.2, -0.15) is 0 Å². The van der Waals surface area contributed by atoms with E-state index in [1.165, 1.54) is 32.2 Å². The Bertz CT molecular complexity index is 476.